The summed E-state index contributed by atoms with van der Waals surface area (Å²) < 4.78 is 5.08. The number of hydrogen-bond acceptors (Lipinski definition) is 4. The predicted octanol–water partition coefficient (Wildman–Crippen LogP) is 4.93. The molecule has 3 rings (SSSR count). The van der Waals surface area contributed by atoms with E-state index < -0.39 is 5.92 Å². The Balaban J connectivity index is 0.00000117. The molecule has 1 fully saturated rings. The largest absolute Gasteiger partial charge is 0.508 e. The van der Waals surface area contributed by atoms with E-state index >= 15 is 0 Å². The number of ether oxygens (including phenoxy) is 1. The number of phenols is 1. The molecule has 1 N–H and O–H groups in total. The van der Waals surface area contributed by atoms with Crippen molar-refractivity contribution in [3.05, 3.63) is 59.4 Å². The molecule has 1 aromatic heterocycles. The molecule has 140 valence electrons. The van der Waals surface area contributed by atoms with Gasteiger partial charge in [0.15, 0.2) is 0 Å². The zero-order valence-electron chi connectivity index (χ0n) is 16.3. The molecule has 0 spiro atoms. The Morgan fingerprint density at radius 2 is 2.08 bits per heavy atom. The highest BCUT2D eigenvalue weighted by atomic mass is 16.5. The van der Waals surface area contributed by atoms with Gasteiger partial charge in [0.1, 0.15) is 5.75 Å². The third-order valence-electron chi connectivity index (χ3n) is 5.05. The lowest BCUT2D eigenvalue weighted by Gasteiger charge is -2.15. The van der Waals surface area contributed by atoms with E-state index in [4.69, 9.17) is 4.74 Å². The van der Waals surface area contributed by atoms with Crippen molar-refractivity contribution in [2.24, 2.45) is 0 Å². The van der Waals surface area contributed by atoms with Crippen molar-refractivity contribution in [3.63, 3.8) is 0 Å². The van der Waals surface area contributed by atoms with Crippen molar-refractivity contribution < 1.29 is 14.6 Å². The quantitative estimate of drug-likeness (QED) is 0.773. The highest BCUT2D eigenvalue weighted by molar-refractivity contribution is 5.78. The molecule has 1 heterocycles. The van der Waals surface area contributed by atoms with Gasteiger partial charge in [0, 0.05) is 22.9 Å². The maximum atomic E-state index is 12.0. The number of pyridine rings is 1. The maximum absolute atomic E-state index is 12.0. The van der Waals surface area contributed by atoms with E-state index in [1.54, 1.807) is 19.9 Å². The summed E-state index contributed by atoms with van der Waals surface area (Å²) in [6.45, 7) is 10.1. The van der Waals surface area contributed by atoms with Crippen LogP contribution in [0.15, 0.2) is 42.6 Å². The fourth-order valence-electron chi connectivity index (χ4n) is 3.37. The molecule has 0 saturated heterocycles. The molecular formula is C22H29NO3. The number of hydrogen-bond donors (Lipinski definition) is 1. The molecule has 2 aromatic rings. The van der Waals surface area contributed by atoms with Gasteiger partial charge in [-0.15, -0.1) is 0 Å². The smallest absolute Gasteiger partial charge is 0.313 e. The molecule has 0 amide bonds. The Labute approximate surface area is 156 Å². The third-order valence-corrected chi connectivity index (χ3v) is 5.05. The van der Waals surface area contributed by atoms with Crippen LogP contribution in [0.3, 0.4) is 0 Å². The van der Waals surface area contributed by atoms with E-state index in [9.17, 15) is 9.90 Å². The molecule has 0 radical (unpaired) electrons. The summed E-state index contributed by atoms with van der Waals surface area (Å²) in [5.41, 5.74) is 2.86. The van der Waals surface area contributed by atoms with Gasteiger partial charge in [-0.05, 0) is 49.9 Å². The lowest BCUT2D eigenvalue weighted by molar-refractivity contribution is -0.144. The van der Waals surface area contributed by atoms with Gasteiger partial charge in [-0.1, -0.05) is 39.0 Å². The third kappa shape index (κ3) is 3.90. The van der Waals surface area contributed by atoms with Gasteiger partial charge < -0.3 is 9.84 Å². The van der Waals surface area contributed by atoms with E-state index in [-0.39, 0.29) is 17.1 Å². The second-order valence-corrected chi connectivity index (χ2v) is 6.68. The van der Waals surface area contributed by atoms with E-state index in [0.717, 1.165) is 17.7 Å². The van der Waals surface area contributed by atoms with Crippen molar-refractivity contribution in [1.82, 2.24) is 4.98 Å². The van der Waals surface area contributed by atoms with Gasteiger partial charge in [0.2, 0.25) is 0 Å². The zero-order chi connectivity index (χ0) is 19.3. The van der Waals surface area contributed by atoms with Crippen LogP contribution < -0.4 is 0 Å². The molecule has 4 nitrogen and oxygen atoms in total. The maximum Gasteiger partial charge on any atom is 0.313 e. The Morgan fingerprint density at radius 3 is 2.69 bits per heavy atom. The standard InChI is InChI=1S/C20H23NO3.C2H6/c1-4-24-19(23)13(2)15-11-14(8-9-17(15)22)16-12-20(16,3)18-7-5-6-10-21-18;1-2/h5-11,13,16,22H,4,12H2,1-3H3;1-2H3. The highest BCUT2D eigenvalue weighted by Crippen LogP contribution is 2.60. The minimum absolute atomic E-state index is 0.0165. The van der Waals surface area contributed by atoms with Crippen molar-refractivity contribution in [3.8, 4) is 5.75 Å². The zero-order valence-corrected chi connectivity index (χ0v) is 16.3. The monoisotopic (exact) mass is 355 g/mol. The summed E-state index contributed by atoms with van der Waals surface area (Å²) >= 11 is 0. The summed E-state index contributed by atoms with van der Waals surface area (Å²) in [5.74, 6) is -0.307. The SMILES string of the molecule is CC.CCOC(=O)C(C)c1cc(C2CC2(C)c2ccccn2)ccc1O. The van der Waals surface area contributed by atoms with Crippen molar-refractivity contribution in [2.45, 2.75) is 58.3 Å². The van der Waals surface area contributed by atoms with E-state index in [0.29, 0.717) is 18.1 Å². The van der Waals surface area contributed by atoms with E-state index in [1.165, 1.54) is 0 Å². The lowest BCUT2D eigenvalue weighted by atomic mass is 9.92. The predicted molar refractivity (Wildman–Crippen MR) is 103 cm³/mol. The minimum atomic E-state index is -0.482. The molecule has 1 saturated carbocycles. The second kappa shape index (κ2) is 8.35. The molecule has 4 heteroatoms. The second-order valence-electron chi connectivity index (χ2n) is 6.68. The topological polar surface area (TPSA) is 59.4 Å². The molecule has 3 unspecified atom stereocenters. The molecule has 0 bridgehead atoms. The van der Waals surface area contributed by atoms with Gasteiger partial charge >= 0.3 is 5.97 Å². The lowest BCUT2D eigenvalue weighted by Crippen LogP contribution is -2.13. The number of aromatic nitrogens is 1. The van der Waals surface area contributed by atoms with Gasteiger partial charge in [-0.25, -0.2) is 0 Å². The number of benzene rings is 1. The van der Waals surface area contributed by atoms with Gasteiger partial charge in [-0.2, -0.15) is 0 Å². The molecular weight excluding hydrogens is 326 g/mol. The first-order valence-corrected chi connectivity index (χ1v) is 9.38. The van der Waals surface area contributed by atoms with Crippen LogP contribution in [0.4, 0.5) is 0 Å². The van der Waals surface area contributed by atoms with Crippen LogP contribution >= 0.6 is 0 Å². The Morgan fingerprint density at radius 1 is 1.35 bits per heavy atom. The van der Waals surface area contributed by atoms with Crippen molar-refractivity contribution in [2.75, 3.05) is 6.61 Å². The molecule has 1 aliphatic rings. The van der Waals surface area contributed by atoms with Crippen LogP contribution in [0.2, 0.25) is 0 Å². The Bertz CT molecular complexity index is 744. The normalized spacial score (nSPS) is 22.0. The molecule has 26 heavy (non-hydrogen) atoms. The highest BCUT2D eigenvalue weighted by Gasteiger charge is 2.53. The van der Waals surface area contributed by atoms with Crippen LogP contribution in [-0.4, -0.2) is 22.7 Å². The van der Waals surface area contributed by atoms with Crippen LogP contribution in [0.1, 0.15) is 69.7 Å². The van der Waals surface area contributed by atoms with Crippen molar-refractivity contribution in [1.29, 1.82) is 0 Å². The van der Waals surface area contributed by atoms with Gasteiger partial charge in [0.25, 0.3) is 0 Å². The number of carbonyl (C=O) groups is 1. The first-order chi connectivity index (χ1) is 12.5. The molecule has 1 aromatic carbocycles. The number of aromatic hydroxyl groups is 1. The van der Waals surface area contributed by atoms with Crippen LogP contribution in [-0.2, 0) is 14.9 Å². The van der Waals surface area contributed by atoms with Crippen LogP contribution in [0.25, 0.3) is 0 Å². The van der Waals surface area contributed by atoms with Gasteiger partial charge in [-0.3, -0.25) is 9.78 Å². The number of nitrogens with zero attached hydrogens (tertiary/aromatic N) is 1. The van der Waals surface area contributed by atoms with E-state index in [1.807, 2.05) is 44.3 Å². The average Bonchev–Trinajstić information content (AvgIpc) is 3.37. The van der Waals surface area contributed by atoms with Crippen molar-refractivity contribution >= 4 is 5.97 Å². The number of carbonyl (C=O) groups excluding carboxylic acids is 1. The Kier molecular flexibility index (Phi) is 6.41. The fourth-order valence-corrected chi connectivity index (χ4v) is 3.37. The number of esters is 1. The summed E-state index contributed by atoms with van der Waals surface area (Å²) in [5, 5.41) is 10.2. The average molecular weight is 355 g/mol. The summed E-state index contributed by atoms with van der Waals surface area (Å²) in [6.07, 6.45) is 2.84. The first kappa shape index (κ1) is 20.0. The van der Waals surface area contributed by atoms with Crippen LogP contribution in [0.5, 0.6) is 5.75 Å². The van der Waals surface area contributed by atoms with E-state index in [2.05, 4.69) is 18.0 Å². The Hall–Kier alpha value is -2.36. The molecule has 0 aliphatic heterocycles. The minimum Gasteiger partial charge on any atom is -0.508 e. The summed E-state index contributed by atoms with van der Waals surface area (Å²) in [4.78, 5) is 16.5. The van der Waals surface area contributed by atoms with Gasteiger partial charge in [0.05, 0.1) is 12.5 Å². The molecule has 1 aliphatic carbocycles. The summed E-state index contributed by atoms with van der Waals surface area (Å²) in [6, 6.07) is 11.5. The first-order valence-electron chi connectivity index (χ1n) is 9.38. The fraction of sp³-hybridized carbons (Fsp3) is 0.455. The summed E-state index contributed by atoms with van der Waals surface area (Å²) in [7, 11) is 0. The van der Waals surface area contributed by atoms with Crippen LogP contribution in [0, 0.1) is 0 Å². The number of phenolic OH excluding ortho intramolecular Hbond substituents is 1. The molecule has 3 atom stereocenters. The number of rotatable bonds is 5.